The van der Waals surface area contributed by atoms with Crippen molar-refractivity contribution in [2.24, 2.45) is 0 Å². The van der Waals surface area contributed by atoms with Gasteiger partial charge < -0.3 is 14.2 Å². The van der Waals surface area contributed by atoms with Crippen molar-refractivity contribution in [2.45, 2.75) is 20.5 Å². The summed E-state index contributed by atoms with van der Waals surface area (Å²) in [6, 6.07) is 24.2. The van der Waals surface area contributed by atoms with Crippen LogP contribution in [0.1, 0.15) is 19.4 Å². The Morgan fingerprint density at radius 3 is 1.77 bits per heavy atom. The molecule has 0 heterocycles. The van der Waals surface area contributed by atoms with Crippen LogP contribution in [0.3, 0.4) is 0 Å². The van der Waals surface area contributed by atoms with Crippen molar-refractivity contribution < 1.29 is 14.2 Å². The lowest BCUT2D eigenvalue weighted by Crippen LogP contribution is -1.96. The lowest BCUT2D eigenvalue weighted by Gasteiger charge is -2.12. The van der Waals surface area contributed by atoms with Gasteiger partial charge in [0.25, 0.3) is 0 Å². The summed E-state index contributed by atoms with van der Waals surface area (Å²) >= 11 is 0. The van der Waals surface area contributed by atoms with E-state index < -0.39 is 0 Å². The van der Waals surface area contributed by atoms with Gasteiger partial charge in [0.05, 0.1) is 13.2 Å². The predicted molar refractivity (Wildman–Crippen MR) is 105 cm³/mol. The van der Waals surface area contributed by atoms with Gasteiger partial charge in [0.15, 0.2) is 0 Å². The van der Waals surface area contributed by atoms with Gasteiger partial charge in [0, 0.05) is 6.07 Å². The molecule has 0 bridgehead atoms. The Balaban J connectivity index is 1.75. The van der Waals surface area contributed by atoms with E-state index in [0.717, 1.165) is 33.9 Å². The first kappa shape index (κ1) is 17.9. The maximum atomic E-state index is 5.86. The third-order valence-electron chi connectivity index (χ3n) is 3.94. The van der Waals surface area contributed by atoms with Crippen LogP contribution in [0.4, 0.5) is 0 Å². The van der Waals surface area contributed by atoms with Gasteiger partial charge in [-0.15, -0.1) is 0 Å². The lowest BCUT2D eigenvalue weighted by atomic mass is 10.0. The average Bonchev–Trinajstić information content (AvgIpc) is 2.68. The number of hydrogen-bond acceptors (Lipinski definition) is 3. The number of ether oxygens (including phenoxy) is 3. The molecule has 0 saturated carbocycles. The van der Waals surface area contributed by atoms with Crippen LogP contribution in [0.25, 0.3) is 11.1 Å². The second-order valence-electron chi connectivity index (χ2n) is 5.86. The number of benzene rings is 3. The first-order chi connectivity index (χ1) is 12.8. The van der Waals surface area contributed by atoms with Crippen molar-refractivity contribution in [3.63, 3.8) is 0 Å². The highest BCUT2D eigenvalue weighted by Crippen LogP contribution is 2.31. The monoisotopic (exact) mass is 348 g/mol. The molecule has 26 heavy (non-hydrogen) atoms. The molecular formula is C23H24O3. The molecule has 3 aromatic rings. The molecule has 0 spiro atoms. The Morgan fingerprint density at radius 2 is 1.19 bits per heavy atom. The smallest absolute Gasteiger partial charge is 0.123 e. The van der Waals surface area contributed by atoms with Crippen LogP contribution in [0.5, 0.6) is 17.2 Å². The van der Waals surface area contributed by atoms with Gasteiger partial charge in [0.2, 0.25) is 0 Å². The highest BCUT2D eigenvalue weighted by atomic mass is 16.5. The highest BCUT2D eigenvalue weighted by Gasteiger charge is 2.06. The van der Waals surface area contributed by atoms with Crippen LogP contribution in [0.15, 0.2) is 72.8 Å². The molecular weight excluding hydrogens is 324 g/mol. The Kier molecular flexibility index (Phi) is 6.15. The van der Waals surface area contributed by atoms with E-state index in [9.17, 15) is 0 Å². The summed E-state index contributed by atoms with van der Waals surface area (Å²) in [4.78, 5) is 0. The third-order valence-corrected chi connectivity index (χ3v) is 3.94. The largest absolute Gasteiger partial charge is 0.494 e. The minimum Gasteiger partial charge on any atom is -0.494 e. The van der Waals surface area contributed by atoms with Gasteiger partial charge in [-0.05, 0) is 54.8 Å². The fraction of sp³-hybridized carbons (Fsp3) is 0.217. The van der Waals surface area contributed by atoms with E-state index in [1.54, 1.807) is 0 Å². The molecule has 0 fully saturated rings. The normalized spacial score (nSPS) is 10.4. The minimum absolute atomic E-state index is 0.564. The van der Waals surface area contributed by atoms with Crippen molar-refractivity contribution >= 4 is 0 Å². The van der Waals surface area contributed by atoms with Crippen molar-refractivity contribution in [3.05, 3.63) is 78.4 Å². The van der Waals surface area contributed by atoms with Gasteiger partial charge >= 0.3 is 0 Å². The van der Waals surface area contributed by atoms with Gasteiger partial charge in [-0.3, -0.25) is 0 Å². The van der Waals surface area contributed by atoms with Crippen LogP contribution < -0.4 is 14.2 Å². The Morgan fingerprint density at radius 1 is 0.577 bits per heavy atom. The summed E-state index contributed by atoms with van der Waals surface area (Å²) in [6.45, 7) is 5.77. The Labute approximate surface area is 155 Å². The molecule has 0 unspecified atom stereocenters. The van der Waals surface area contributed by atoms with E-state index in [1.165, 1.54) is 0 Å². The van der Waals surface area contributed by atoms with Gasteiger partial charge in [0.1, 0.15) is 23.9 Å². The summed E-state index contributed by atoms with van der Waals surface area (Å²) in [5.41, 5.74) is 3.32. The standard InChI is InChI=1S/C23H24O3/c1-3-24-22-14-20(15-23(16-22)25-4-2)19-10-12-21(13-11-19)26-17-18-8-6-5-7-9-18/h5-16H,3-4,17H2,1-2H3. The van der Waals surface area contributed by atoms with Crippen molar-refractivity contribution in [1.29, 1.82) is 0 Å². The Hall–Kier alpha value is -2.94. The fourth-order valence-corrected chi connectivity index (χ4v) is 2.72. The highest BCUT2D eigenvalue weighted by molar-refractivity contribution is 5.68. The van der Waals surface area contributed by atoms with Crippen LogP contribution in [0, 0.1) is 0 Å². The van der Waals surface area contributed by atoms with Crippen molar-refractivity contribution in [3.8, 4) is 28.4 Å². The summed E-state index contributed by atoms with van der Waals surface area (Å²) < 4.78 is 17.2. The third kappa shape index (κ3) is 4.79. The quantitative estimate of drug-likeness (QED) is 0.520. The maximum absolute atomic E-state index is 5.86. The average molecular weight is 348 g/mol. The van der Waals surface area contributed by atoms with E-state index in [0.29, 0.717) is 19.8 Å². The van der Waals surface area contributed by atoms with Crippen LogP contribution >= 0.6 is 0 Å². The molecule has 0 amide bonds. The maximum Gasteiger partial charge on any atom is 0.123 e. The van der Waals surface area contributed by atoms with E-state index in [-0.39, 0.29) is 0 Å². The Bertz CT molecular complexity index is 786. The van der Waals surface area contributed by atoms with E-state index >= 15 is 0 Å². The van der Waals surface area contributed by atoms with Gasteiger partial charge in [-0.2, -0.15) is 0 Å². The van der Waals surface area contributed by atoms with E-state index in [1.807, 2.05) is 62.4 Å². The molecule has 0 atom stereocenters. The molecule has 0 aliphatic heterocycles. The fourth-order valence-electron chi connectivity index (χ4n) is 2.72. The molecule has 134 valence electrons. The van der Waals surface area contributed by atoms with E-state index in [4.69, 9.17) is 14.2 Å². The summed E-state index contributed by atoms with van der Waals surface area (Å²) in [6.07, 6.45) is 0. The molecule has 0 radical (unpaired) electrons. The molecule has 0 aliphatic carbocycles. The summed E-state index contributed by atoms with van der Waals surface area (Å²) in [5, 5.41) is 0. The number of rotatable bonds is 8. The summed E-state index contributed by atoms with van der Waals surface area (Å²) in [7, 11) is 0. The zero-order chi connectivity index (χ0) is 18.2. The first-order valence-corrected chi connectivity index (χ1v) is 8.96. The zero-order valence-corrected chi connectivity index (χ0v) is 15.3. The molecule has 0 N–H and O–H groups in total. The number of hydrogen-bond donors (Lipinski definition) is 0. The second-order valence-corrected chi connectivity index (χ2v) is 5.86. The second kappa shape index (κ2) is 8.95. The molecule has 3 heteroatoms. The van der Waals surface area contributed by atoms with Crippen molar-refractivity contribution in [2.75, 3.05) is 13.2 Å². The SMILES string of the molecule is CCOc1cc(OCC)cc(-c2ccc(OCc3ccccc3)cc2)c1. The molecule has 0 aliphatic rings. The summed E-state index contributed by atoms with van der Waals surface area (Å²) in [5.74, 6) is 2.49. The molecule has 3 rings (SSSR count). The van der Waals surface area contributed by atoms with Gasteiger partial charge in [-0.1, -0.05) is 42.5 Å². The van der Waals surface area contributed by atoms with Crippen LogP contribution in [-0.4, -0.2) is 13.2 Å². The first-order valence-electron chi connectivity index (χ1n) is 8.96. The topological polar surface area (TPSA) is 27.7 Å². The minimum atomic E-state index is 0.564. The lowest BCUT2D eigenvalue weighted by molar-refractivity contribution is 0.306. The van der Waals surface area contributed by atoms with E-state index in [2.05, 4.69) is 24.3 Å². The van der Waals surface area contributed by atoms with Crippen molar-refractivity contribution in [1.82, 2.24) is 0 Å². The molecule has 0 saturated heterocycles. The van der Waals surface area contributed by atoms with Crippen LogP contribution in [0.2, 0.25) is 0 Å². The predicted octanol–water partition coefficient (Wildman–Crippen LogP) is 5.73. The van der Waals surface area contributed by atoms with Crippen LogP contribution in [-0.2, 0) is 6.61 Å². The molecule has 3 aromatic carbocycles. The molecule has 3 nitrogen and oxygen atoms in total. The zero-order valence-electron chi connectivity index (χ0n) is 15.3. The van der Waals surface area contributed by atoms with Gasteiger partial charge in [-0.25, -0.2) is 0 Å². The molecule has 0 aromatic heterocycles.